The van der Waals surface area contributed by atoms with Gasteiger partial charge in [-0.2, -0.15) is 0 Å². The lowest BCUT2D eigenvalue weighted by molar-refractivity contribution is 0.0663. The molecule has 0 bridgehead atoms. The molecule has 1 rings (SSSR count). The third-order valence-corrected chi connectivity index (χ3v) is 2.52. The summed E-state index contributed by atoms with van der Waals surface area (Å²) >= 11 is 0. The van der Waals surface area contributed by atoms with E-state index in [0.717, 1.165) is 13.0 Å². The van der Waals surface area contributed by atoms with Crippen LogP contribution in [0.3, 0.4) is 0 Å². The zero-order chi connectivity index (χ0) is 11.5. The zero-order valence-electron chi connectivity index (χ0n) is 9.33. The Bertz CT molecular complexity index is 341. The predicted molar refractivity (Wildman–Crippen MR) is 58.2 cm³/mol. The van der Waals surface area contributed by atoms with Crippen molar-refractivity contribution in [3.05, 3.63) is 17.9 Å². The van der Waals surface area contributed by atoms with E-state index >= 15 is 0 Å². The Morgan fingerprint density at radius 1 is 1.53 bits per heavy atom. The molecular formula is C11H17NO3. The number of hydrogen-bond donors (Lipinski definition) is 2. The number of anilines is 1. The molecule has 0 saturated heterocycles. The molecule has 4 heteroatoms. The molecule has 84 valence electrons. The fourth-order valence-electron chi connectivity index (χ4n) is 0.999. The zero-order valence-corrected chi connectivity index (χ0v) is 9.33. The van der Waals surface area contributed by atoms with Crippen molar-refractivity contribution in [2.75, 3.05) is 11.9 Å². The van der Waals surface area contributed by atoms with Gasteiger partial charge in [-0.25, -0.2) is 4.79 Å². The molecule has 2 N–H and O–H groups in total. The highest BCUT2D eigenvalue weighted by atomic mass is 16.4. The summed E-state index contributed by atoms with van der Waals surface area (Å²) in [5.74, 6) is -0.571. The van der Waals surface area contributed by atoms with Gasteiger partial charge in [0.2, 0.25) is 5.76 Å². The van der Waals surface area contributed by atoms with Crippen LogP contribution in [0, 0.1) is 5.41 Å². The van der Waals surface area contributed by atoms with Gasteiger partial charge in [0.1, 0.15) is 0 Å². The second-order valence-corrected chi connectivity index (χ2v) is 4.34. The SMILES string of the molecule is CCC(C)(C)CNc1ccc(C(=O)O)o1. The van der Waals surface area contributed by atoms with Crippen LogP contribution in [-0.4, -0.2) is 17.6 Å². The van der Waals surface area contributed by atoms with Gasteiger partial charge in [-0.3, -0.25) is 0 Å². The molecule has 0 aliphatic heterocycles. The molecule has 0 unspecified atom stereocenters. The molecule has 0 aliphatic carbocycles. The van der Waals surface area contributed by atoms with Crippen molar-refractivity contribution < 1.29 is 14.3 Å². The largest absolute Gasteiger partial charge is 0.475 e. The third-order valence-electron chi connectivity index (χ3n) is 2.52. The smallest absolute Gasteiger partial charge is 0.371 e. The van der Waals surface area contributed by atoms with Crippen molar-refractivity contribution in [1.29, 1.82) is 0 Å². The van der Waals surface area contributed by atoms with E-state index in [4.69, 9.17) is 9.52 Å². The normalized spacial score (nSPS) is 11.4. The molecule has 0 aromatic carbocycles. The number of aromatic carboxylic acids is 1. The van der Waals surface area contributed by atoms with Crippen LogP contribution >= 0.6 is 0 Å². The van der Waals surface area contributed by atoms with E-state index in [2.05, 4.69) is 26.1 Å². The first-order valence-corrected chi connectivity index (χ1v) is 5.01. The molecule has 0 saturated carbocycles. The Kier molecular flexibility index (Phi) is 3.39. The average Bonchev–Trinajstić information content (AvgIpc) is 2.63. The second-order valence-electron chi connectivity index (χ2n) is 4.34. The number of furan rings is 1. The molecule has 0 atom stereocenters. The van der Waals surface area contributed by atoms with Crippen molar-refractivity contribution in [3.63, 3.8) is 0 Å². The number of carboxylic acid groups (broad SMARTS) is 1. The second kappa shape index (κ2) is 4.38. The maximum absolute atomic E-state index is 10.6. The number of rotatable bonds is 5. The summed E-state index contributed by atoms with van der Waals surface area (Å²) in [7, 11) is 0. The Labute approximate surface area is 89.3 Å². The third kappa shape index (κ3) is 3.31. The van der Waals surface area contributed by atoms with Gasteiger partial charge in [0.05, 0.1) is 0 Å². The minimum atomic E-state index is -1.04. The highest BCUT2D eigenvalue weighted by Crippen LogP contribution is 2.21. The van der Waals surface area contributed by atoms with E-state index in [1.807, 2.05) is 0 Å². The number of hydrogen-bond acceptors (Lipinski definition) is 3. The Morgan fingerprint density at radius 3 is 2.67 bits per heavy atom. The van der Waals surface area contributed by atoms with Gasteiger partial charge in [-0.15, -0.1) is 0 Å². The highest BCUT2D eigenvalue weighted by molar-refractivity contribution is 5.84. The summed E-state index contributed by atoms with van der Waals surface area (Å²) in [6, 6.07) is 3.08. The number of carboxylic acids is 1. The number of nitrogens with one attached hydrogen (secondary N) is 1. The van der Waals surface area contributed by atoms with Crippen LogP contribution in [0.5, 0.6) is 0 Å². The predicted octanol–water partition coefficient (Wildman–Crippen LogP) is 2.83. The van der Waals surface area contributed by atoms with Crippen LogP contribution in [-0.2, 0) is 0 Å². The quantitative estimate of drug-likeness (QED) is 0.786. The fourth-order valence-corrected chi connectivity index (χ4v) is 0.999. The topological polar surface area (TPSA) is 62.5 Å². The summed E-state index contributed by atoms with van der Waals surface area (Å²) in [5.41, 5.74) is 0.177. The van der Waals surface area contributed by atoms with E-state index in [-0.39, 0.29) is 11.2 Å². The maximum atomic E-state index is 10.6. The van der Waals surface area contributed by atoms with Crippen molar-refractivity contribution >= 4 is 11.9 Å². The van der Waals surface area contributed by atoms with Crippen LogP contribution in [0.15, 0.2) is 16.5 Å². The molecule has 0 aliphatic rings. The van der Waals surface area contributed by atoms with E-state index in [1.54, 1.807) is 6.07 Å². The molecule has 1 heterocycles. The van der Waals surface area contributed by atoms with Gasteiger partial charge in [0, 0.05) is 12.6 Å². The van der Waals surface area contributed by atoms with Crippen LogP contribution in [0.25, 0.3) is 0 Å². The van der Waals surface area contributed by atoms with Crippen molar-refractivity contribution in [2.24, 2.45) is 5.41 Å². The van der Waals surface area contributed by atoms with Crippen molar-refractivity contribution in [1.82, 2.24) is 0 Å². The molecular weight excluding hydrogens is 194 g/mol. The Balaban J connectivity index is 2.55. The Morgan fingerprint density at radius 2 is 2.20 bits per heavy atom. The van der Waals surface area contributed by atoms with E-state index in [1.165, 1.54) is 6.07 Å². The molecule has 0 spiro atoms. The van der Waals surface area contributed by atoms with Crippen molar-refractivity contribution in [3.8, 4) is 0 Å². The highest BCUT2D eigenvalue weighted by Gasteiger charge is 2.16. The Hall–Kier alpha value is -1.45. The van der Waals surface area contributed by atoms with Crippen LogP contribution in [0.2, 0.25) is 0 Å². The lowest BCUT2D eigenvalue weighted by Gasteiger charge is -2.22. The van der Waals surface area contributed by atoms with Crippen LogP contribution < -0.4 is 5.32 Å². The minimum Gasteiger partial charge on any atom is -0.475 e. The van der Waals surface area contributed by atoms with Gasteiger partial charge in [-0.05, 0) is 17.9 Å². The average molecular weight is 211 g/mol. The first-order chi connectivity index (χ1) is 6.94. The summed E-state index contributed by atoms with van der Waals surface area (Å²) in [4.78, 5) is 10.6. The minimum absolute atomic E-state index is 0.0354. The lowest BCUT2D eigenvalue weighted by Crippen LogP contribution is -2.21. The maximum Gasteiger partial charge on any atom is 0.371 e. The standard InChI is InChI=1S/C11H17NO3/c1-4-11(2,3)7-12-9-6-5-8(15-9)10(13)14/h5-6,12H,4,7H2,1-3H3,(H,13,14). The van der Waals surface area contributed by atoms with Gasteiger partial charge in [0.15, 0.2) is 5.88 Å². The van der Waals surface area contributed by atoms with Gasteiger partial charge in [0.25, 0.3) is 0 Å². The van der Waals surface area contributed by atoms with Gasteiger partial charge in [-0.1, -0.05) is 20.8 Å². The lowest BCUT2D eigenvalue weighted by atomic mass is 9.90. The van der Waals surface area contributed by atoms with Gasteiger partial charge < -0.3 is 14.8 Å². The summed E-state index contributed by atoms with van der Waals surface area (Å²) in [6.45, 7) is 7.16. The summed E-state index contributed by atoms with van der Waals surface area (Å²) < 4.78 is 5.07. The van der Waals surface area contributed by atoms with Crippen LogP contribution in [0.1, 0.15) is 37.7 Å². The summed E-state index contributed by atoms with van der Waals surface area (Å²) in [6.07, 6.45) is 1.05. The first kappa shape index (κ1) is 11.6. The molecule has 0 radical (unpaired) electrons. The molecule has 0 fully saturated rings. The molecule has 15 heavy (non-hydrogen) atoms. The van der Waals surface area contributed by atoms with Gasteiger partial charge >= 0.3 is 5.97 Å². The number of carbonyl (C=O) groups is 1. The fraction of sp³-hybridized carbons (Fsp3) is 0.545. The molecule has 1 aromatic heterocycles. The van der Waals surface area contributed by atoms with Crippen molar-refractivity contribution in [2.45, 2.75) is 27.2 Å². The monoisotopic (exact) mass is 211 g/mol. The molecule has 1 aromatic rings. The summed E-state index contributed by atoms with van der Waals surface area (Å²) in [5, 5.41) is 11.7. The molecule has 4 nitrogen and oxygen atoms in total. The van der Waals surface area contributed by atoms with E-state index in [0.29, 0.717) is 5.88 Å². The van der Waals surface area contributed by atoms with E-state index in [9.17, 15) is 4.79 Å². The van der Waals surface area contributed by atoms with Crippen LogP contribution in [0.4, 0.5) is 5.88 Å². The van der Waals surface area contributed by atoms with E-state index < -0.39 is 5.97 Å². The molecule has 0 amide bonds. The first-order valence-electron chi connectivity index (χ1n) is 5.01.